The van der Waals surface area contributed by atoms with E-state index in [1.165, 1.54) is 0 Å². The molecule has 1 aliphatic rings. The van der Waals surface area contributed by atoms with Gasteiger partial charge in [-0.25, -0.2) is 0 Å². The van der Waals surface area contributed by atoms with Gasteiger partial charge in [-0.15, -0.1) is 0 Å². The van der Waals surface area contributed by atoms with Gasteiger partial charge in [0.25, 0.3) is 0 Å². The Bertz CT molecular complexity index is 216. The Morgan fingerprint density at radius 3 is 3.09 bits per heavy atom. The van der Waals surface area contributed by atoms with Gasteiger partial charge in [0.05, 0.1) is 0 Å². The molecule has 0 saturated carbocycles. The molecular formula is C9H13NO. The molecule has 11 heavy (non-hydrogen) atoms. The number of nitrogens with zero attached hydrogens (tertiary/aromatic N) is 1. The second-order valence-electron chi connectivity index (χ2n) is 2.54. The summed E-state index contributed by atoms with van der Waals surface area (Å²) >= 11 is 0. The number of rotatable bonds is 2. The summed E-state index contributed by atoms with van der Waals surface area (Å²) in [6.07, 6.45) is 4.67. The Balaban J connectivity index is 2.79. The summed E-state index contributed by atoms with van der Waals surface area (Å²) < 4.78 is 0. The molecule has 0 spiro atoms. The van der Waals surface area contributed by atoms with Crippen LogP contribution in [0.15, 0.2) is 29.3 Å². The van der Waals surface area contributed by atoms with Crippen molar-refractivity contribution in [2.45, 2.75) is 26.0 Å². The number of allylic oxidation sites excluding steroid dienone is 2. The SMILES string of the molecule is C=C/C=C1/CC(O)N=C1CC. The smallest absolute Gasteiger partial charge is 0.149 e. The molecule has 1 rings (SSSR count). The molecule has 0 aromatic carbocycles. The second-order valence-corrected chi connectivity index (χ2v) is 2.54. The Morgan fingerprint density at radius 2 is 2.55 bits per heavy atom. The van der Waals surface area contributed by atoms with Crippen molar-refractivity contribution in [3.05, 3.63) is 24.3 Å². The average molecular weight is 151 g/mol. The molecule has 1 N–H and O–H groups in total. The Hall–Kier alpha value is -0.890. The van der Waals surface area contributed by atoms with Gasteiger partial charge in [0.15, 0.2) is 0 Å². The van der Waals surface area contributed by atoms with E-state index in [0.29, 0.717) is 6.42 Å². The molecule has 0 radical (unpaired) electrons. The molecule has 2 nitrogen and oxygen atoms in total. The van der Waals surface area contributed by atoms with Crippen LogP contribution < -0.4 is 0 Å². The van der Waals surface area contributed by atoms with Gasteiger partial charge in [0, 0.05) is 12.1 Å². The topological polar surface area (TPSA) is 32.6 Å². The minimum Gasteiger partial charge on any atom is -0.371 e. The van der Waals surface area contributed by atoms with E-state index in [0.717, 1.165) is 17.7 Å². The minimum atomic E-state index is -0.517. The number of aliphatic hydroxyl groups is 1. The largest absolute Gasteiger partial charge is 0.371 e. The number of hydrogen-bond acceptors (Lipinski definition) is 2. The van der Waals surface area contributed by atoms with Gasteiger partial charge in [-0.1, -0.05) is 25.7 Å². The Labute approximate surface area is 67.0 Å². The van der Waals surface area contributed by atoms with Crippen LogP contribution in [-0.4, -0.2) is 17.0 Å². The molecular weight excluding hydrogens is 138 g/mol. The van der Waals surface area contributed by atoms with Crippen LogP contribution in [-0.2, 0) is 0 Å². The third kappa shape index (κ3) is 1.77. The summed E-state index contributed by atoms with van der Waals surface area (Å²) in [7, 11) is 0. The summed E-state index contributed by atoms with van der Waals surface area (Å²) in [6.45, 7) is 5.64. The summed E-state index contributed by atoms with van der Waals surface area (Å²) in [6, 6.07) is 0. The van der Waals surface area contributed by atoms with Crippen molar-refractivity contribution in [2.24, 2.45) is 4.99 Å². The Kier molecular flexibility index (Phi) is 2.60. The lowest BCUT2D eigenvalue weighted by Gasteiger charge is -1.96. The van der Waals surface area contributed by atoms with Crippen molar-refractivity contribution in [1.82, 2.24) is 0 Å². The van der Waals surface area contributed by atoms with E-state index in [9.17, 15) is 0 Å². The molecule has 1 atom stereocenters. The number of aliphatic imine (C=N–C) groups is 1. The molecule has 0 amide bonds. The van der Waals surface area contributed by atoms with Crippen molar-refractivity contribution in [3.8, 4) is 0 Å². The van der Waals surface area contributed by atoms with Gasteiger partial charge in [0.2, 0.25) is 0 Å². The molecule has 1 heterocycles. The summed E-state index contributed by atoms with van der Waals surface area (Å²) in [5.41, 5.74) is 2.13. The highest BCUT2D eigenvalue weighted by atomic mass is 16.3. The van der Waals surface area contributed by atoms with Gasteiger partial charge in [-0.2, -0.15) is 0 Å². The van der Waals surface area contributed by atoms with E-state index in [1.54, 1.807) is 6.08 Å². The number of aliphatic hydroxyl groups excluding tert-OH is 1. The van der Waals surface area contributed by atoms with E-state index >= 15 is 0 Å². The molecule has 0 aromatic rings. The molecule has 0 fully saturated rings. The van der Waals surface area contributed by atoms with Crippen LogP contribution in [0.4, 0.5) is 0 Å². The molecule has 1 aliphatic heterocycles. The maximum Gasteiger partial charge on any atom is 0.149 e. The minimum absolute atomic E-state index is 0.517. The fourth-order valence-corrected chi connectivity index (χ4v) is 1.25. The molecule has 2 heteroatoms. The average Bonchev–Trinajstić information content (AvgIpc) is 2.32. The van der Waals surface area contributed by atoms with Crippen LogP contribution in [0.25, 0.3) is 0 Å². The third-order valence-corrected chi connectivity index (χ3v) is 1.73. The summed E-state index contributed by atoms with van der Waals surface area (Å²) in [5.74, 6) is 0. The second kappa shape index (κ2) is 3.49. The van der Waals surface area contributed by atoms with Crippen LogP contribution in [0.3, 0.4) is 0 Å². The van der Waals surface area contributed by atoms with E-state index < -0.39 is 6.23 Å². The first-order valence-corrected chi connectivity index (χ1v) is 3.84. The van der Waals surface area contributed by atoms with E-state index in [4.69, 9.17) is 5.11 Å². The maximum absolute atomic E-state index is 9.17. The van der Waals surface area contributed by atoms with Crippen molar-refractivity contribution in [2.75, 3.05) is 0 Å². The molecule has 0 saturated heterocycles. The summed E-state index contributed by atoms with van der Waals surface area (Å²) in [5, 5.41) is 9.17. The molecule has 1 unspecified atom stereocenters. The maximum atomic E-state index is 9.17. The highest BCUT2D eigenvalue weighted by Crippen LogP contribution is 2.19. The van der Waals surface area contributed by atoms with E-state index in [-0.39, 0.29) is 0 Å². The molecule has 0 aromatic heterocycles. The van der Waals surface area contributed by atoms with Crippen LogP contribution in [0.5, 0.6) is 0 Å². The van der Waals surface area contributed by atoms with Crippen molar-refractivity contribution < 1.29 is 5.11 Å². The van der Waals surface area contributed by atoms with E-state index in [2.05, 4.69) is 11.6 Å². The quantitative estimate of drug-likeness (QED) is 0.639. The molecule has 0 bridgehead atoms. The highest BCUT2D eigenvalue weighted by molar-refractivity contribution is 6.01. The monoisotopic (exact) mass is 151 g/mol. The predicted molar refractivity (Wildman–Crippen MR) is 46.6 cm³/mol. The van der Waals surface area contributed by atoms with Gasteiger partial charge in [0.1, 0.15) is 6.23 Å². The highest BCUT2D eigenvalue weighted by Gasteiger charge is 2.17. The summed E-state index contributed by atoms with van der Waals surface area (Å²) in [4.78, 5) is 4.06. The van der Waals surface area contributed by atoms with E-state index in [1.807, 2.05) is 13.0 Å². The Morgan fingerprint density at radius 1 is 1.82 bits per heavy atom. The predicted octanol–water partition coefficient (Wildman–Crippen LogP) is 1.67. The van der Waals surface area contributed by atoms with Crippen LogP contribution in [0.2, 0.25) is 0 Å². The molecule has 0 aliphatic carbocycles. The fraction of sp³-hybridized carbons (Fsp3) is 0.444. The van der Waals surface area contributed by atoms with Crippen molar-refractivity contribution >= 4 is 5.71 Å². The van der Waals surface area contributed by atoms with Crippen molar-refractivity contribution in [1.29, 1.82) is 0 Å². The zero-order valence-electron chi connectivity index (χ0n) is 6.75. The van der Waals surface area contributed by atoms with Crippen molar-refractivity contribution in [3.63, 3.8) is 0 Å². The van der Waals surface area contributed by atoms with Gasteiger partial charge < -0.3 is 5.11 Å². The first kappa shape index (κ1) is 8.21. The lowest BCUT2D eigenvalue weighted by Crippen LogP contribution is -1.95. The van der Waals surface area contributed by atoms with Gasteiger partial charge >= 0.3 is 0 Å². The lowest BCUT2D eigenvalue weighted by atomic mass is 10.1. The zero-order valence-corrected chi connectivity index (χ0v) is 6.75. The van der Waals surface area contributed by atoms with Crippen LogP contribution in [0.1, 0.15) is 19.8 Å². The third-order valence-electron chi connectivity index (χ3n) is 1.73. The lowest BCUT2D eigenvalue weighted by molar-refractivity contribution is 0.193. The number of hydrogen-bond donors (Lipinski definition) is 1. The molecule has 60 valence electrons. The zero-order chi connectivity index (χ0) is 8.27. The van der Waals surface area contributed by atoms with Crippen LogP contribution >= 0.6 is 0 Å². The van der Waals surface area contributed by atoms with Gasteiger partial charge in [-0.3, -0.25) is 4.99 Å². The fourth-order valence-electron chi connectivity index (χ4n) is 1.25. The standard InChI is InChI=1S/C9H13NO/c1-3-5-7-6-9(11)10-8(7)4-2/h3,5,9,11H,1,4,6H2,2H3/b7-5-. The first-order valence-electron chi connectivity index (χ1n) is 3.84. The normalized spacial score (nSPS) is 27.3. The first-order chi connectivity index (χ1) is 5.27. The van der Waals surface area contributed by atoms with Crippen LogP contribution in [0, 0.1) is 0 Å². The van der Waals surface area contributed by atoms with Gasteiger partial charge in [-0.05, 0) is 12.0 Å².